The molecule has 3 nitrogen and oxygen atoms in total. The second-order valence-electron chi connectivity index (χ2n) is 5.96. The summed E-state index contributed by atoms with van der Waals surface area (Å²) < 4.78 is 0. The van der Waals surface area contributed by atoms with Crippen LogP contribution in [0, 0.1) is 0 Å². The van der Waals surface area contributed by atoms with E-state index >= 15 is 0 Å². The largest absolute Gasteiger partial charge is 0.394 e. The Hall–Kier alpha value is -0.770. The van der Waals surface area contributed by atoms with E-state index < -0.39 is 0 Å². The number of rotatable bonds is 6. The molecule has 1 aromatic carbocycles. The first-order valence-corrected chi connectivity index (χ1v) is 7.18. The summed E-state index contributed by atoms with van der Waals surface area (Å²) in [6, 6.07) is 6.65. The van der Waals surface area contributed by atoms with Gasteiger partial charge in [0, 0.05) is 30.3 Å². The Kier molecular flexibility index (Phi) is 4.39. The Balaban J connectivity index is 2.22. The third kappa shape index (κ3) is 3.62. The van der Waals surface area contributed by atoms with E-state index in [0.717, 1.165) is 17.3 Å². The van der Waals surface area contributed by atoms with Gasteiger partial charge in [-0.1, -0.05) is 17.7 Å². The summed E-state index contributed by atoms with van der Waals surface area (Å²) in [5.74, 6) is 0. The van der Waals surface area contributed by atoms with Crippen molar-refractivity contribution in [2.24, 2.45) is 0 Å². The molecule has 1 aromatic rings. The lowest BCUT2D eigenvalue weighted by molar-refractivity contribution is 0.216. The van der Waals surface area contributed by atoms with Gasteiger partial charge in [0.15, 0.2) is 0 Å². The normalized spacial score (nSPS) is 15.6. The molecule has 0 amide bonds. The van der Waals surface area contributed by atoms with Crippen LogP contribution >= 0.6 is 11.6 Å². The minimum Gasteiger partial charge on any atom is -0.394 e. The van der Waals surface area contributed by atoms with Crippen LogP contribution in [0.3, 0.4) is 0 Å². The fraction of sp³-hybridized carbons (Fsp3) is 0.600. The number of aliphatic hydroxyl groups excluding tert-OH is 1. The molecule has 1 fully saturated rings. The van der Waals surface area contributed by atoms with Crippen LogP contribution in [0.5, 0.6) is 0 Å². The van der Waals surface area contributed by atoms with Crippen molar-refractivity contribution in [3.63, 3.8) is 0 Å². The third-order valence-electron chi connectivity index (χ3n) is 3.86. The zero-order chi connectivity index (χ0) is 14.0. The lowest BCUT2D eigenvalue weighted by Gasteiger charge is -2.37. The number of nitrogens with zero attached hydrogens (tertiary/aromatic N) is 1. The molecule has 0 aromatic heterocycles. The molecule has 1 saturated carbocycles. The molecule has 0 radical (unpaired) electrons. The van der Waals surface area contributed by atoms with Crippen LogP contribution in [0.15, 0.2) is 18.2 Å². The summed E-state index contributed by atoms with van der Waals surface area (Å²) in [6.07, 6.45) is 2.56. The van der Waals surface area contributed by atoms with Gasteiger partial charge in [0.05, 0.1) is 12.1 Å². The van der Waals surface area contributed by atoms with Gasteiger partial charge in [-0.2, -0.15) is 0 Å². The highest BCUT2D eigenvalue weighted by molar-refractivity contribution is 6.30. The number of hydrogen-bond donors (Lipinski definition) is 2. The van der Waals surface area contributed by atoms with Crippen LogP contribution in [0.4, 0.5) is 5.69 Å². The third-order valence-corrected chi connectivity index (χ3v) is 4.10. The molecule has 1 aliphatic rings. The molecule has 0 spiro atoms. The summed E-state index contributed by atoms with van der Waals surface area (Å²) in [5.41, 5.74) is 2.00. The van der Waals surface area contributed by atoms with Crippen molar-refractivity contribution < 1.29 is 5.11 Å². The summed E-state index contributed by atoms with van der Waals surface area (Å²) in [7, 11) is 2.00. The molecule has 19 heavy (non-hydrogen) atoms. The van der Waals surface area contributed by atoms with Crippen LogP contribution in [-0.2, 0) is 6.54 Å². The van der Waals surface area contributed by atoms with E-state index in [4.69, 9.17) is 11.6 Å². The van der Waals surface area contributed by atoms with Gasteiger partial charge < -0.3 is 15.3 Å². The van der Waals surface area contributed by atoms with Crippen molar-refractivity contribution in [2.45, 2.75) is 44.8 Å². The van der Waals surface area contributed by atoms with Gasteiger partial charge in [-0.15, -0.1) is 0 Å². The van der Waals surface area contributed by atoms with Crippen molar-refractivity contribution in [1.29, 1.82) is 0 Å². The van der Waals surface area contributed by atoms with Crippen molar-refractivity contribution >= 4 is 17.3 Å². The second kappa shape index (κ2) is 5.70. The molecular formula is C15H23ClN2O. The van der Waals surface area contributed by atoms with Gasteiger partial charge in [0.25, 0.3) is 0 Å². The minimum atomic E-state index is -0.307. The Morgan fingerprint density at radius 2 is 2.11 bits per heavy atom. The van der Waals surface area contributed by atoms with E-state index in [0.29, 0.717) is 6.04 Å². The smallest absolute Gasteiger partial charge is 0.0658 e. The zero-order valence-electron chi connectivity index (χ0n) is 11.9. The molecular weight excluding hydrogens is 260 g/mol. The zero-order valence-corrected chi connectivity index (χ0v) is 12.7. The molecule has 0 unspecified atom stereocenters. The number of halogens is 1. The van der Waals surface area contributed by atoms with Crippen LogP contribution in [0.1, 0.15) is 32.3 Å². The predicted molar refractivity (Wildman–Crippen MR) is 80.9 cm³/mol. The van der Waals surface area contributed by atoms with Gasteiger partial charge in [-0.3, -0.25) is 0 Å². The molecule has 0 heterocycles. The van der Waals surface area contributed by atoms with Crippen LogP contribution in [-0.4, -0.2) is 30.3 Å². The molecule has 4 heteroatoms. The highest BCUT2D eigenvalue weighted by Crippen LogP contribution is 2.30. The van der Waals surface area contributed by atoms with Crippen molar-refractivity contribution in [2.75, 3.05) is 18.6 Å². The maximum Gasteiger partial charge on any atom is 0.0658 e. The van der Waals surface area contributed by atoms with Crippen LogP contribution in [0.25, 0.3) is 0 Å². The quantitative estimate of drug-likeness (QED) is 0.842. The molecule has 1 aliphatic carbocycles. The number of aliphatic hydroxyl groups is 1. The Morgan fingerprint density at radius 1 is 1.42 bits per heavy atom. The van der Waals surface area contributed by atoms with Gasteiger partial charge in [0.1, 0.15) is 0 Å². The van der Waals surface area contributed by atoms with Crippen LogP contribution in [0.2, 0.25) is 5.02 Å². The highest BCUT2D eigenvalue weighted by atomic mass is 35.5. The van der Waals surface area contributed by atoms with E-state index in [-0.39, 0.29) is 12.1 Å². The average Bonchev–Trinajstić information content (AvgIpc) is 3.20. The molecule has 0 atom stereocenters. The van der Waals surface area contributed by atoms with Crippen molar-refractivity contribution in [3.05, 3.63) is 28.8 Å². The SMILES string of the molecule is CN(c1cc(Cl)ccc1CNC1CC1)C(C)(C)CO. The van der Waals surface area contributed by atoms with Gasteiger partial charge in [0.2, 0.25) is 0 Å². The second-order valence-corrected chi connectivity index (χ2v) is 6.39. The number of hydrogen-bond acceptors (Lipinski definition) is 3. The summed E-state index contributed by atoms with van der Waals surface area (Å²) in [5, 5.41) is 13.8. The number of benzene rings is 1. The number of anilines is 1. The summed E-state index contributed by atoms with van der Waals surface area (Å²) in [6.45, 7) is 4.99. The first-order chi connectivity index (χ1) is 8.94. The van der Waals surface area contributed by atoms with Gasteiger partial charge in [-0.25, -0.2) is 0 Å². The fourth-order valence-corrected chi connectivity index (χ4v) is 2.14. The first kappa shape index (κ1) is 14.6. The lowest BCUT2D eigenvalue weighted by Crippen LogP contribution is -2.45. The van der Waals surface area contributed by atoms with Gasteiger partial charge in [-0.05, 0) is 44.4 Å². The monoisotopic (exact) mass is 282 g/mol. The molecule has 0 saturated heterocycles. The fourth-order valence-electron chi connectivity index (χ4n) is 1.97. The Bertz CT molecular complexity index is 444. The van der Waals surface area contributed by atoms with E-state index in [1.807, 2.05) is 33.0 Å². The summed E-state index contributed by atoms with van der Waals surface area (Å²) >= 11 is 6.12. The van der Waals surface area contributed by atoms with E-state index in [2.05, 4.69) is 16.3 Å². The van der Waals surface area contributed by atoms with Crippen LogP contribution < -0.4 is 10.2 Å². The molecule has 2 rings (SSSR count). The van der Waals surface area contributed by atoms with E-state index in [9.17, 15) is 5.11 Å². The number of nitrogens with one attached hydrogen (secondary N) is 1. The topological polar surface area (TPSA) is 35.5 Å². The Morgan fingerprint density at radius 3 is 2.68 bits per heavy atom. The molecule has 0 bridgehead atoms. The predicted octanol–water partition coefficient (Wildman–Crippen LogP) is 2.80. The highest BCUT2D eigenvalue weighted by Gasteiger charge is 2.26. The van der Waals surface area contributed by atoms with Crippen molar-refractivity contribution in [3.8, 4) is 0 Å². The molecule has 106 valence electrons. The molecule has 2 N–H and O–H groups in total. The van der Waals surface area contributed by atoms with E-state index in [1.54, 1.807) is 0 Å². The lowest BCUT2D eigenvalue weighted by atomic mass is 10.0. The maximum atomic E-state index is 9.52. The minimum absolute atomic E-state index is 0.103. The average molecular weight is 283 g/mol. The first-order valence-electron chi connectivity index (χ1n) is 6.80. The van der Waals surface area contributed by atoms with E-state index in [1.165, 1.54) is 18.4 Å². The molecule has 0 aliphatic heterocycles. The van der Waals surface area contributed by atoms with Gasteiger partial charge >= 0.3 is 0 Å². The maximum absolute atomic E-state index is 9.52. The summed E-state index contributed by atoms with van der Waals surface area (Å²) in [4.78, 5) is 2.10. The van der Waals surface area contributed by atoms with Crippen molar-refractivity contribution in [1.82, 2.24) is 5.32 Å². The standard InChI is InChI=1S/C15H23ClN2O/c1-15(2,10-19)18(3)14-8-12(16)5-4-11(14)9-17-13-6-7-13/h4-5,8,13,17,19H,6-7,9-10H2,1-3H3. The Labute approximate surface area is 120 Å². The number of likely N-dealkylation sites (N-methyl/N-ethyl adjacent to an activating group) is 1.